The second kappa shape index (κ2) is 6.16. The summed E-state index contributed by atoms with van der Waals surface area (Å²) in [5, 5.41) is 0. The number of benzene rings is 1. The molecule has 114 valence electrons. The van der Waals surface area contributed by atoms with Gasteiger partial charge in [0, 0.05) is 12.8 Å². The Hall–Kier alpha value is -2.04. The van der Waals surface area contributed by atoms with Crippen molar-refractivity contribution in [2.75, 3.05) is 20.8 Å². The average molecular weight is 292 g/mol. The molecule has 1 aromatic rings. The maximum atomic E-state index is 12.3. The summed E-state index contributed by atoms with van der Waals surface area (Å²) >= 11 is 0. The third-order valence-corrected chi connectivity index (χ3v) is 3.99. The smallest absolute Gasteiger partial charge is 0.316 e. The Balaban J connectivity index is 2.42. The van der Waals surface area contributed by atoms with E-state index in [9.17, 15) is 9.59 Å². The summed E-state index contributed by atoms with van der Waals surface area (Å²) in [6.45, 7) is 1.91. The van der Waals surface area contributed by atoms with E-state index in [1.807, 2.05) is 6.07 Å². The van der Waals surface area contributed by atoms with Gasteiger partial charge in [0.2, 0.25) is 0 Å². The molecule has 0 bridgehead atoms. The molecule has 0 spiro atoms. The fourth-order valence-corrected chi connectivity index (χ4v) is 2.72. The van der Waals surface area contributed by atoms with Crippen LogP contribution >= 0.6 is 0 Å². The Morgan fingerprint density at radius 2 is 2.00 bits per heavy atom. The number of Topliss-reactive ketones (excluding diaryl/α,β-unsaturated/α-hetero) is 1. The third-order valence-electron chi connectivity index (χ3n) is 3.99. The lowest BCUT2D eigenvalue weighted by atomic mass is 9.75. The molecule has 0 saturated carbocycles. The second-order valence-electron chi connectivity index (χ2n) is 5.24. The molecule has 0 N–H and O–H groups in total. The molecule has 1 saturated heterocycles. The molecule has 5 nitrogen and oxygen atoms in total. The van der Waals surface area contributed by atoms with E-state index in [1.165, 1.54) is 6.92 Å². The van der Waals surface area contributed by atoms with Gasteiger partial charge >= 0.3 is 5.97 Å². The van der Waals surface area contributed by atoms with E-state index >= 15 is 0 Å². The van der Waals surface area contributed by atoms with Gasteiger partial charge in [-0.3, -0.25) is 4.79 Å². The summed E-state index contributed by atoms with van der Waals surface area (Å²) in [5.74, 6) is 0.969. The SMILES string of the molecule is COc1ccc(C2(CCC(C)=O)CCOC2=O)cc1OC. The van der Waals surface area contributed by atoms with Gasteiger partial charge in [-0.1, -0.05) is 6.07 Å². The summed E-state index contributed by atoms with van der Waals surface area (Å²) in [6, 6.07) is 5.41. The fraction of sp³-hybridized carbons (Fsp3) is 0.500. The molecular formula is C16H20O5. The first-order valence-electron chi connectivity index (χ1n) is 6.92. The monoisotopic (exact) mass is 292 g/mol. The van der Waals surface area contributed by atoms with Crippen LogP contribution in [0.2, 0.25) is 0 Å². The van der Waals surface area contributed by atoms with Gasteiger partial charge in [-0.2, -0.15) is 0 Å². The Morgan fingerprint density at radius 1 is 1.29 bits per heavy atom. The topological polar surface area (TPSA) is 61.8 Å². The van der Waals surface area contributed by atoms with Crippen LogP contribution in [0.3, 0.4) is 0 Å². The van der Waals surface area contributed by atoms with Gasteiger partial charge in [0.1, 0.15) is 5.78 Å². The number of methoxy groups -OCH3 is 2. The van der Waals surface area contributed by atoms with Gasteiger partial charge < -0.3 is 19.0 Å². The molecule has 1 aromatic carbocycles. The molecular weight excluding hydrogens is 272 g/mol. The van der Waals surface area contributed by atoms with Crippen molar-refractivity contribution >= 4 is 11.8 Å². The number of rotatable bonds is 6. The summed E-state index contributed by atoms with van der Waals surface area (Å²) < 4.78 is 15.7. The molecule has 0 amide bonds. The van der Waals surface area contributed by atoms with E-state index in [2.05, 4.69) is 0 Å². The van der Waals surface area contributed by atoms with E-state index in [1.54, 1.807) is 26.4 Å². The number of hydrogen-bond donors (Lipinski definition) is 0. The van der Waals surface area contributed by atoms with Crippen molar-refractivity contribution in [3.63, 3.8) is 0 Å². The summed E-state index contributed by atoms with van der Waals surface area (Å²) in [5.41, 5.74) is 0.0505. The lowest BCUT2D eigenvalue weighted by molar-refractivity contribution is -0.143. The van der Waals surface area contributed by atoms with E-state index < -0.39 is 5.41 Å². The number of cyclic esters (lactones) is 1. The highest BCUT2D eigenvalue weighted by molar-refractivity contribution is 5.86. The molecule has 2 rings (SSSR count). The van der Waals surface area contributed by atoms with Crippen LogP contribution in [0.4, 0.5) is 0 Å². The zero-order chi connectivity index (χ0) is 15.5. The highest BCUT2D eigenvalue weighted by Gasteiger charge is 2.46. The zero-order valence-electron chi connectivity index (χ0n) is 12.6. The van der Waals surface area contributed by atoms with Crippen molar-refractivity contribution in [3.05, 3.63) is 23.8 Å². The number of esters is 1. The first-order valence-corrected chi connectivity index (χ1v) is 6.92. The lowest BCUT2D eigenvalue weighted by Gasteiger charge is -2.25. The van der Waals surface area contributed by atoms with E-state index in [4.69, 9.17) is 14.2 Å². The van der Waals surface area contributed by atoms with Crippen molar-refractivity contribution in [1.82, 2.24) is 0 Å². The molecule has 0 aromatic heterocycles. The first-order chi connectivity index (χ1) is 10.0. The summed E-state index contributed by atoms with van der Waals surface area (Å²) in [7, 11) is 3.11. The maximum Gasteiger partial charge on any atom is 0.316 e. The second-order valence-corrected chi connectivity index (χ2v) is 5.24. The molecule has 1 atom stereocenters. The highest BCUT2D eigenvalue weighted by Crippen LogP contribution is 2.41. The number of ether oxygens (including phenoxy) is 3. The molecule has 1 fully saturated rings. The summed E-state index contributed by atoms with van der Waals surface area (Å²) in [6.07, 6.45) is 1.38. The fourth-order valence-electron chi connectivity index (χ4n) is 2.72. The van der Waals surface area contributed by atoms with Gasteiger partial charge in [0.05, 0.1) is 26.2 Å². The van der Waals surface area contributed by atoms with Gasteiger partial charge in [0.15, 0.2) is 11.5 Å². The minimum Gasteiger partial charge on any atom is -0.493 e. The Labute approximate surface area is 124 Å². The largest absolute Gasteiger partial charge is 0.493 e. The number of hydrogen-bond acceptors (Lipinski definition) is 5. The van der Waals surface area contributed by atoms with Crippen LogP contribution in [0.1, 0.15) is 31.7 Å². The number of carbonyl (C=O) groups excluding carboxylic acids is 2. The highest BCUT2D eigenvalue weighted by atomic mass is 16.5. The molecule has 0 aliphatic carbocycles. The molecule has 1 heterocycles. The molecule has 0 radical (unpaired) electrons. The van der Waals surface area contributed by atoms with Crippen LogP contribution in [0, 0.1) is 0 Å². The molecule has 5 heteroatoms. The first kappa shape index (κ1) is 15.4. The van der Waals surface area contributed by atoms with Crippen LogP contribution < -0.4 is 9.47 Å². The maximum absolute atomic E-state index is 12.3. The summed E-state index contributed by atoms with van der Waals surface area (Å²) in [4.78, 5) is 23.6. The van der Waals surface area contributed by atoms with Gasteiger partial charge in [-0.15, -0.1) is 0 Å². The molecule has 1 aliphatic heterocycles. The predicted molar refractivity (Wildman–Crippen MR) is 76.7 cm³/mol. The number of ketones is 1. The minimum absolute atomic E-state index is 0.0644. The number of carbonyl (C=O) groups is 2. The Morgan fingerprint density at radius 3 is 2.52 bits per heavy atom. The zero-order valence-corrected chi connectivity index (χ0v) is 12.6. The van der Waals surface area contributed by atoms with Crippen molar-refractivity contribution in [2.24, 2.45) is 0 Å². The average Bonchev–Trinajstić information content (AvgIpc) is 2.86. The van der Waals surface area contributed by atoms with Gasteiger partial charge in [0.25, 0.3) is 0 Å². The molecule has 1 aliphatic rings. The normalized spacial score (nSPS) is 21.0. The Bertz CT molecular complexity index is 552. The van der Waals surface area contributed by atoms with Crippen LogP contribution in [0.25, 0.3) is 0 Å². The van der Waals surface area contributed by atoms with Gasteiger partial charge in [-0.05, 0) is 31.0 Å². The van der Waals surface area contributed by atoms with E-state index in [0.29, 0.717) is 37.4 Å². The van der Waals surface area contributed by atoms with Crippen LogP contribution in [-0.4, -0.2) is 32.6 Å². The Kier molecular flexibility index (Phi) is 4.50. The van der Waals surface area contributed by atoms with Crippen molar-refractivity contribution in [1.29, 1.82) is 0 Å². The van der Waals surface area contributed by atoms with Crippen molar-refractivity contribution in [3.8, 4) is 11.5 Å². The quantitative estimate of drug-likeness (QED) is 0.753. The van der Waals surface area contributed by atoms with Crippen molar-refractivity contribution < 1.29 is 23.8 Å². The van der Waals surface area contributed by atoms with Gasteiger partial charge in [-0.25, -0.2) is 0 Å². The van der Waals surface area contributed by atoms with E-state index in [-0.39, 0.29) is 11.8 Å². The molecule has 21 heavy (non-hydrogen) atoms. The van der Waals surface area contributed by atoms with Crippen LogP contribution in [0.5, 0.6) is 11.5 Å². The standard InChI is InChI=1S/C16H20O5/c1-11(17)6-7-16(8-9-21-15(16)18)12-4-5-13(19-2)14(10-12)20-3/h4-5,10H,6-9H2,1-3H3. The predicted octanol–water partition coefficient (Wildman–Crippen LogP) is 2.26. The minimum atomic E-state index is -0.759. The molecule has 1 unspecified atom stereocenters. The third kappa shape index (κ3) is 2.86. The van der Waals surface area contributed by atoms with Crippen LogP contribution in [0.15, 0.2) is 18.2 Å². The van der Waals surface area contributed by atoms with Crippen molar-refractivity contribution in [2.45, 2.75) is 31.6 Å². The van der Waals surface area contributed by atoms with Crippen LogP contribution in [-0.2, 0) is 19.7 Å². The van der Waals surface area contributed by atoms with E-state index in [0.717, 1.165) is 5.56 Å². The lowest BCUT2D eigenvalue weighted by Crippen LogP contribution is -2.32.